The standard InChI is InChI=1S/C17H18N2O3/c1-12-10-15-17(6-8-18(9-7-17)16(20)21)22-14-5-3-2-4-13(14)19(15)11-12/h2-5,10-11H,6-9H2,1H3,(H,20,21). The fraction of sp³-hybridized carbons (Fsp3) is 0.353. The molecule has 1 saturated heterocycles. The molecule has 1 N–H and O–H groups in total. The highest BCUT2D eigenvalue weighted by Gasteiger charge is 2.44. The lowest BCUT2D eigenvalue weighted by Gasteiger charge is -2.44. The third kappa shape index (κ3) is 1.81. The van der Waals surface area contributed by atoms with Gasteiger partial charge in [0, 0.05) is 32.1 Å². The first-order chi connectivity index (χ1) is 10.6. The number of fused-ring (bicyclic) bond motifs is 4. The van der Waals surface area contributed by atoms with Crippen molar-refractivity contribution in [1.82, 2.24) is 9.47 Å². The lowest BCUT2D eigenvalue weighted by molar-refractivity contribution is -0.00892. The van der Waals surface area contributed by atoms with E-state index in [9.17, 15) is 4.79 Å². The molecule has 5 heteroatoms. The zero-order valence-corrected chi connectivity index (χ0v) is 12.5. The minimum absolute atomic E-state index is 0.422. The molecule has 1 aromatic heterocycles. The number of hydrogen-bond donors (Lipinski definition) is 1. The Balaban J connectivity index is 1.78. The zero-order chi connectivity index (χ0) is 15.3. The van der Waals surface area contributed by atoms with Crippen LogP contribution in [0.15, 0.2) is 36.5 Å². The molecule has 114 valence electrons. The Kier molecular flexibility index (Phi) is 2.73. The summed E-state index contributed by atoms with van der Waals surface area (Å²) in [6.45, 7) is 3.08. The number of piperidine rings is 1. The van der Waals surface area contributed by atoms with Crippen LogP contribution in [0.25, 0.3) is 5.69 Å². The third-order valence-corrected chi connectivity index (χ3v) is 4.70. The van der Waals surface area contributed by atoms with Gasteiger partial charge < -0.3 is 19.3 Å². The van der Waals surface area contributed by atoms with Crippen molar-refractivity contribution in [3.8, 4) is 11.4 Å². The van der Waals surface area contributed by atoms with E-state index >= 15 is 0 Å². The molecule has 0 unspecified atom stereocenters. The molecule has 0 radical (unpaired) electrons. The van der Waals surface area contributed by atoms with Crippen LogP contribution in [0, 0.1) is 6.92 Å². The van der Waals surface area contributed by atoms with Gasteiger partial charge in [0.25, 0.3) is 0 Å². The Labute approximate surface area is 128 Å². The van der Waals surface area contributed by atoms with Gasteiger partial charge in [-0.05, 0) is 30.7 Å². The fourth-order valence-corrected chi connectivity index (χ4v) is 3.57. The van der Waals surface area contributed by atoms with Gasteiger partial charge in [-0.25, -0.2) is 4.79 Å². The minimum atomic E-state index is -0.849. The zero-order valence-electron chi connectivity index (χ0n) is 12.5. The number of likely N-dealkylation sites (tertiary alicyclic amines) is 1. The molecule has 0 aliphatic carbocycles. The van der Waals surface area contributed by atoms with Crippen molar-refractivity contribution in [3.63, 3.8) is 0 Å². The summed E-state index contributed by atoms with van der Waals surface area (Å²) < 4.78 is 8.59. The van der Waals surface area contributed by atoms with Gasteiger partial charge in [0.1, 0.15) is 5.75 Å². The van der Waals surface area contributed by atoms with Crippen molar-refractivity contribution in [3.05, 3.63) is 47.8 Å². The summed E-state index contributed by atoms with van der Waals surface area (Å²) in [6, 6.07) is 10.2. The second kappa shape index (κ2) is 4.53. The third-order valence-electron chi connectivity index (χ3n) is 4.70. The van der Waals surface area contributed by atoms with Crippen LogP contribution < -0.4 is 4.74 Å². The molecular formula is C17H18N2O3. The molecule has 0 saturated carbocycles. The van der Waals surface area contributed by atoms with E-state index in [2.05, 4.69) is 29.8 Å². The Morgan fingerprint density at radius 1 is 1.27 bits per heavy atom. The van der Waals surface area contributed by atoms with Crippen LogP contribution in [0.1, 0.15) is 24.1 Å². The van der Waals surface area contributed by atoms with Gasteiger partial charge in [-0.1, -0.05) is 12.1 Å². The first-order valence-electron chi connectivity index (χ1n) is 7.55. The maximum Gasteiger partial charge on any atom is 0.407 e. The number of aryl methyl sites for hydroxylation is 1. The Hall–Kier alpha value is -2.43. The second-order valence-corrected chi connectivity index (χ2v) is 6.11. The predicted molar refractivity (Wildman–Crippen MR) is 81.6 cm³/mol. The largest absolute Gasteiger partial charge is 0.479 e. The van der Waals surface area contributed by atoms with Gasteiger partial charge in [-0.3, -0.25) is 0 Å². The quantitative estimate of drug-likeness (QED) is 0.813. The first-order valence-corrected chi connectivity index (χ1v) is 7.55. The number of carbonyl (C=O) groups is 1. The fourth-order valence-electron chi connectivity index (χ4n) is 3.57. The molecule has 22 heavy (non-hydrogen) atoms. The number of para-hydroxylation sites is 2. The summed E-state index contributed by atoms with van der Waals surface area (Å²) in [6.07, 6.45) is 2.63. The molecule has 5 nitrogen and oxygen atoms in total. The van der Waals surface area contributed by atoms with Crippen molar-refractivity contribution >= 4 is 6.09 Å². The van der Waals surface area contributed by atoms with Crippen molar-refractivity contribution in [2.45, 2.75) is 25.4 Å². The SMILES string of the molecule is Cc1cc2n(c1)-c1ccccc1OC21CCN(C(=O)O)CC1. The molecule has 2 aliphatic heterocycles. The minimum Gasteiger partial charge on any atom is -0.479 e. The van der Waals surface area contributed by atoms with Gasteiger partial charge >= 0.3 is 6.09 Å². The number of aromatic nitrogens is 1. The molecule has 0 bridgehead atoms. The van der Waals surface area contributed by atoms with Crippen molar-refractivity contribution in [1.29, 1.82) is 0 Å². The van der Waals surface area contributed by atoms with Crippen LogP contribution in [-0.4, -0.2) is 33.8 Å². The number of ether oxygens (including phenoxy) is 1. The number of nitrogens with zero attached hydrogens (tertiary/aromatic N) is 2. The molecule has 2 aromatic rings. The summed E-state index contributed by atoms with van der Waals surface area (Å²) >= 11 is 0. The number of hydrogen-bond acceptors (Lipinski definition) is 2. The summed E-state index contributed by atoms with van der Waals surface area (Å²) in [7, 11) is 0. The van der Waals surface area contributed by atoms with Gasteiger partial charge in [0.05, 0.1) is 11.4 Å². The molecule has 1 aromatic carbocycles. The molecule has 1 amide bonds. The summed E-state index contributed by atoms with van der Waals surface area (Å²) in [5, 5.41) is 9.16. The van der Waals surface area contributed by atoms with E-state index in [0.717, 1.165) is 17.1 Å². The highest BCUT2D eigenvalue weighted by atomic mass is 16.5. The molecule has 2 aliphatic rings. The average molecular weight is 298 g/mol. The van der Waals surface area contributed by atoms with Crippen LogP contribution >= 0.6 is 0 Å². The van der Waals surface area contributed by atoms with E-state index in [1.165, 1.54) is 10.5 Å². The smallest absolute Gasteiger partial charge is 0.407 e. The highest BCUT2D eigenvalue weighted by Crippen LogP contribution is 2.45. The summed E-state index contributed by atoms with van der Waals surface area (Å²) in [5.74, 6) is 0.870. The number of carboxylic acid groups (broad SMARTS) is 1. The van der Waals surface area contributed by atoms with Gasteiger partial charge in [-0.15, -0.1) is 0 Å². The molecule has 1 spiro atoms. The Morgan fingerprint density at radius 3 is 2.73 bits per heavy atom. The second-order valence-electron chi connectivity index (χ2n) is 6.11. The summed E-state index contributed by atoms with van der Waals surface area (Å²) in [5.41, 5.74) is 2.95. The van der Waals surface area contributed by atoms with E-state index in [1.54, 1.807) is 0 Å². The van der Waals surface area contributed by atoms with Crippen molar-refractivity contribution < 1.29 is 14.6 Å². The monoisotopic (exact) mass is 298 g/mol. The van der Waals surface area contributed by atoms with Gasteiger partial charge in [-0.2, -0.15) is 0 Å². The maximum absolute atomic E-state index is 11.2. The van der Waals surface area contributed by atoms with Crippen LogP contribution in [0.4, 0.5) is 4.79 Å². The van der Waals surface area contributed by atoms with E-state index in [1.807, 2.05) is 18.2 Å². The Morgan fingerprint density at radius 2 is 2.00 bits per heavy atom. The first kappa shape index (κ1) is 13.2. The van der Waals surface area contributed by atoms with Crippen LogP contribution in [0.5, 0.6) is 5.75 Å². The normalized spacial score (nSPS) is 18.5. The summed E-state index contributed by atoms with van der Waals surface area (Å²) in [4.78, 5) is 12.6. The molecule has 3 heterocycles. The molecule has 1 fully saturated rings. The highest BCUT2D eigenvalue weighted by molar-refractivity contribution is 5.65. The lowest BCUT2D eigenvalue weighted by Crippen LogP contribution is -2.49. The van der Waals surface area contributed by atoms with E-state index in [0.29, 0.717) is 25.9 Å². The maximum atomic E-state index is 11.2. The van der Waals surface area contributed by atoms with Crippen LogP contribution in [0.3, 0.4) is 0 Å². The molecule has 0 atom stereocenters. The van der Waals surface area contributed by atoms with Crippen LogP contribution in [0.2, 0.25) is 0 Å². The Bertz CT molecular complexity index is 742. The van der Waals surface area contributed by atoms with Crippen molar-refractivity contribution in [2.24, 2.45) is 0 Å². The predicted octanol–water partition coefficient (Wildman–Crippen LogP) is 3.15. The number of rotatable bonds is 0. The number of benzene rings is 1. The van der Waals surface area contributed by atoms with E-state index in [4.69, 9.17) is 9.84 Å². The lowest BCUT2D eigenvalue weighted by atomic mass is 9.86. The van der Waals surface area contributed by atoms with Crippen LogP contribution in [-0.2, 0) is 5.60 Å². The molecule has 4 rings (SSSR count). The van der Waals surface area contributed by atoms with Gasteiger partial charge in [0.2, 0.25) is 0 Å². The number of amides is 1. The van der Waals surface area contributed by atoms with E-state index in [-0.39, 0.29) is 0 Å². The van der Waals surface area contributed by atoms with E-state index < -0.39 is 11.7 Å². The van der Waals surface area contributed by atoms with Crippen molar-refractivity contribution in [2.75, 3.05) is 13.1 Å². The topological polar surface area (TPSA) is 54.7 Å². The molecular weight excluding hydrogens is 280 g/mol. The average Bonchev–Trinajstić information content (AvgIpc) is 2.91. The van der Waals surface area contributed by atoms with Gasteiger partial charge in [0.15, 0.2) is 5.60 Å².